The van der Waals surface area contributed by atoms with Crippen molar-refractivity contribution in [2.75, 3.05) is 0 Å². The lowest BCUT2D eigenvalue weighted by Crippen LogP contribution is -2.34. The number of carbonyl (C=O) groups excluding carboxylic acids is 1. The topological polar surface area (TPSA) is 29.4 Å². The van der Waals surface area contributed by atoms with Gasteiger partial charge in [0.05, 0.1) is 5.71 Å². The maximum Gasteiger partial charge on any atom is 0.164 e. The summed E-state index contributed by atoms with van der Waals surface area (Å²) in [4.78, 5) is 17.7. The molecule has 23 heavy (non-hydrogen) atoms. The first-order valence-corrected chi connectivity index (χ1v) is 8.38. The minimum atomic E-state index is -0.675. The van der Waals surface area contributed by atoms with E-state index in [9.17, 15) is 4.79 Å². The summed E-state index contributed by atoms with van der Waals surface area (Å²) in [5, 5.41) is 0.666. The second kappa shape index (κ2) is 6.29. The number of Topliss-reactive ketones (excluding diaryl/α,β-unsaturated/α-hetero) is 1. The third kappa shape index (κ3) is 3.09. The van der Waals surface area contributed by atoms with E-state index in [-0.39, 0.29) is 5.78 Å². The average molecular weight is 326 g/mol. The monoisotopic (exact) mass is 325 g/mol. The molecule has 2 aromatic carbocycles. The Morgan fingerprint density at radius 2 is 1.91 bits per heavy atom. The molecule has 0 N–H and O–H groups in total. The molecule has 1 heterocycles. The fourth-order valence-corrected chi connectivity index (χ4v) is 3.33. The zero-order valence-electron chi connectivity index (χ0n) is 13.5. The number of hydrogen-bond acceptors (Lipinski definition) is 2. The Labute approximate surface area is 142 Å². The fourth-order valence-electron chi connectivity index (χ4n) is 3.15. The fraction of sp³-hybridized carbons (Fsp3) is 0.300. The van der Waals surface area contributed by atoms with Crippen LogP contribution in [0.5, 0.6) is 0 Å². The molecule has 1 aliphatic heterocycles. The normalized spacial score (nSPS) is 20.7. The summed E-state index contributed by atoms with van der Waals surface area (Å²) in [5.74, 6) is 0.175. The third-order valence-electron chi connectivity index (χ3n) is 4.42. The zero-order chi connectivity index (χ0) is 16.4. The highest BCUT2D eigenvalue weighted by Gasteiger charge is 2.35. The largest absolute Gasteiger partial charge is 0.297 e. The van der Waals surface area contributed by atoms with Crippen LogP contribution in [0.2, 0.25) is 5.02 Å². The SMILES string of the molecule is CCCC1(C)N=C(c2ccccc2)c2cc(Cl)ccc2CC1=O. The number of nitrogens with zero attached hydrogens (tertiary/aromatic N) is 1. The molecule has 0 bridgehead atoms. The highest BCUT2D eigenvalue weighted by atomic mass is 35.5. The summed E-state index contributed by atoms with van der Waals surface area (Å²) >= 11 is 6.21. The molecule has 0 saturated carbocycles. The van der Waals surface area contributed by atoms with Gasteiger partial charge in [0.2, 0.25) is 0 Å². The second-order valence-corrected chi connectivity index (χ2v) is 6.69. The van der Waals surface area contributed by atoms with Crippen molar-refractivity contribution in [2.45, 2.75) is 38.6 Å². The first-order valence-electron chi connectivity index (χ1n) is 8.01. The van der Waals surface area contributed by atoms with Crippen molar-refractivity contribution in [3.05, 3.63) is 70.2 Å². The van der Waals surface area contributed by atoms with Gasteiger partial charge in [0.1, 0.15) is 5.54 Å². The molecule has 3 rings (SSSR count). The smallest absolute Gasteiger partial charge is 0.164 e. The molecule has 0 aromatic heterocycles. The van der Waals surface area contributed by atoms with Gasteiger partial charge in [0.25, 0.3) is 0 Å². The lowest BCUT2D eigenvalue weighted by Gasteiger charge is -2.22. The van der Waals surface area contributed by atoms with Gasteiger partial charge in [-0.05, 0) is 31.0 Å². The van der Waals surface area contributed by atoms with Crippen LogP contribution in [-0.4, -0.2) is 17.0 Å². The first kappa shape index (κ1) is 15.9. The van der Waals surface area contributed by atoms with Gasteiger partial charge in [-0.25, -0.2) is 0 Å². The average Bonchev–Trinajstić information content (AvgIpc) is 2.65. The molecule has 1 atom stereocenters. The van der Waals surface area contributed by atoms with E-state index in [0.29, 0.717) is 11.4 Å². The van der Waals surface area contributed by atoms with Crippen molar-refractivity contribution in [1.29, 1.82) is 0 Å². The van der Waals surface area contributed by atoms with Crippen LogP contribution in [0.4, 0.5) is 0 Å². The third-order valence-corrected chi connectivity index (χ3v) is 4.66. The van der Waals surface area contributed by atoms with E-state index in [1.165, 1.54) is 0 Å². The van der Waals surface area contributed by atoms with E-state index in [4.69, 9.17) is 16.6 Å². The van der Waals surface area contributed by atoms with Crippen LogP contribution < -0.4 is 0 Å². The molecule has 0 spiro atoms. The van der Waals surface area contributed by atoms with Gasteiger partial charge in [0, 0.05) is 22.6 Å². The number of halogens is 1. The number of hydrogen-bond donors (Lipinski definition) is 0. The molecular weight excluding hydrogens is 306 g/mol. The Balaban J connectivity index is 2.25. The van der Waals surface area contributed by atoms with Crippen LogP contribution in [0, 0.1) is 0 Å². The summed E-state index contributed by atoms with van der Waals surface area (Å²) in [6.07, 6.45) is 2.08. The standard InChI is InChI=1S/C20H20ClNO/c1-3-11-20(2)18(23)12-15-9-10-16(21)13-17(15)19(22-20)14-7-5-4-6-8-14/h4-10,13H,3,11-12H2,1-2H3. The predicted molar refractivity (Wildman–Crippen MR) is 95.6 cm³/mol. The lowest BCUT2D eigenvalue weighted by molar-refractivity contribution is -0.123. The van der Waals surface area contributed by atoms with E-state index in [2.05, 4.69) is 6.92 Å². The van der Waals surface area contributed by atoms with Gasteiger partial charge in [-0.15, -0.1) is 0 Å². The summed E-state index contributed by atoms with van der Waals surface area (Å²) in [6, 6.07) is 15.8. The molecule has 0 saturated heterocycles. The summed E-state index contributed by atoms with van der Waals surface area (Å²) in [7, 11) is 0. The van der Waals surface area contributed by atoms with Crippen molar-refractivity contribution < 1.29 is 4.79 Å². The van der Waals surface area contributed by atoms with Crippen LogP contribution in [-0.2, 0) is 11.2 Å². The van der Waals surface area contributed by atoms with Crippen molar-refractivity contribution in [3.63, 3.8) is 0 Å². The molecule has 0 radical (unpaired) electrons. The molecule has 1 aliphatic rings. The van der Waals surface area contributed by atoms with E-state index >= 15 is 0 Å². The molecule has 0 fully saturated rings. The van der Waals surface area contributed by atoms with Crippen LogP contribution in [0.25, 0.3) is 0 Å². The molecule has 3 heteroatoms. The van der Waals surface area contributed by atoms with Crippen molar-refractivity contribution in [2.24, 2.45) is 4.99 Å². The van der Waals surface area contributed by atoms with Crippen molar-refractivity contribution in [1.82, 2.24) is 0 Å². The Hall–Kier alpha value is -1.93. The first-order chi connectivity index (χ1) is 11.0. The van der Waals surface area contributed by atoms with Gasteiger partial charge < -0.3 is 0 Å². The summed E-state index contributed by atoms with van der Waals surface area (Å²) in [6.45, 7) is 4.04. The number of ketones is 1. The van der Waals surface area contributed by atoms with E-state index in [1.54, 1.807) is 0 Å². The Morgan fingerprint density at radius 3 is 2.61 bits per heavy atom. The zero-order valence-corrected chi connectivity index (χ0v) is 14.2. The minimum Gasteiger partial charge on any atom is -0.297 e. The van der Waals surface area contributed by atoms with E-state index in [0.717, 1.165) is 35.2 Å². The quantitative estimate of drug-likeness (QED) is 0.792. The maximum absolute atomic E-state index is 12.8. The number of benzene rings is 2. The minimum absolute atomic E-state index is 0.175. The molecule has 2 nitrogen and oxygen atoms in total. The predicted octanol–water partition coefficient (Wildman–Crippen LogP) is 4.86. The number of aliphatic imine (C=N–C) groups is 1. The van der Waals surface area contributed by atoms with Gasteiger partial charge in [0.15, 0.2) is 5.78 Å². The molecule has 1 unspecified atom stereocenters. The lowest BCUT2D eigenvalue weighted by atomic mass is 9.88. The molecular formula is C20H20ClNO. The van der Waals surface area contributed by atoms with Crippen LogP contribution in [0.3, 0.4) is 0 Å². The van der Waals surface area contributed by atoms with E-state index < -0.39 is 5.54 Å². The molecule has 0 aliphatic carbocycles. The van der Waals surface area contributed by atoms with Gasteiger partial charge in [-0.1, -0.05) is 61.3 Å². The van der Waals surface area contributed by atoms with Crippen LogP contribution in [0.1, 0.15) is 43.4 Å². The maximum atomic E-state index is 12.8. The van der Waals surface area contributed by atoms with Gasteiger partial charge >= 0.3 is 0 Å². The van der Waals surface area contributed by atoms with Crippen molar-refractivity contribution >= 4 is 23.1 Å². The molecule has 2 aromatic rings. The Morgan fingerprint density at radius 1 is 1.17 bits per heavy atom. The number of rotatable bonds is 3. The highest BCUT2D eigenvalue weighted by Crippen LogP contribution is 2.31. The van der Waals surface area contributed by atoms with Gasteiger partial charge in [-0.2, -0.15) is 0 Å². The summed E-state index contributed by atoms with van der Waals surface area (Å²) < 4.78 is 0. The van der Waals surface area contributed by atoms with Gasteiger partial charge in [-0.3, -0.25) is 9.79 Å². The second-order valence-electron chi connectivity index (χ2n) is 6.25. The molecule has 0 amide bonds. The van der Waals surface area contributed by atoms with Crippen LogP contribution >= 0.6 is 11.6 Å². The molecule has 118 valence electrons. The van der Waals surface area contributed by atoms with Crippen molar-refractivity contribution in [3.8, 4) is 0 Å². The Bertz CT molecular complexity index is 766. The van der Waals surface area contributed by atoms with E-state index in [1.807, 2.05) is 55.5 Å². The number of fused-ring (bicyclic) bond motifs is 1. The highest BCUT2D eigenvalue weighted by molar-refractivity contribution is 6.31. The Kier molecular flexibility index (Phi) is 4.36. The number of carbonyl (C=O) groups is 1. The van der Waals surface area contributed by atoms with Crippen LogP contribution in [0.15, 0.2) is 53.5 Å². The summed E-state index contributed by atoms with van der Waals surface area (Å²) in [5.41, 5.74) is 3.18.